The fourth-order valence-electron chi connectivity index (χ4n) is 3.52. The standard InChI is InChI=1S/C22H37N3O2/c1-4-24(5-2)16-13-23-19(3)17-20-9-11-21(12-10-20)18-27-22(26)25-14-7-6-8-15-25/h9-12,19,23H,4-8,13-18H2,1-3H3/t19-/m1/s1. The van der Waals surface area contributed by atoms with Crippen LogP contribution in [0.1, 0.15) is 51.2 Å². The Labute approximate surface area is 165 Å². The van der Waals surface area contributed by atoms with Crippen LogP contribution in [0.25, 0.3) is 0 Å². The van der Waals surface area contributed by atoms with Crippen molar-refractivity contribution in [3.05, 3.63) is 35.4 Å². The van der Waals surface area contributed by atoms with Crippen LogP contribution in [0, 0.1) is 0 Å². The maximum Gasteiger partial charge on any atom is 0.410 e. The molecule has 152 valence electrons. The number of hydrogen-bond donors (Lipinski definition) is 1. The maximum atomic E-state index is 12.1. The van der Waals surface area contributed by atoms with Crippen LogP contribution >= 0.6 is 0 Å². The van der Waals surface area contributed by atoms with E-state index in [0.29, 0.717) is 12.6 Å². The largest absolute Gasteiger partial charge is 0.445 e. The Morgan fingerprint density at radius 2 is 1.74 bits per heavy atom. The van der Waals surface area contributed by atoms with Crippen molar-refractivity contribution >= 4 is 6.09 Å². The first kappa shape index (κ1) is 21.7. The van der Waals surface area contributed by atoms with Crippen LogP contribution in [0.15, 0.2) is 24.3 Å². The minimum atomic E-state index is -0.176. The first-order chi connectivity index (χ1) is 13.1. The highest BCUT2D eigenvalue weighted by molar-refractivity contribution is 5.67. The monoisotopic (exact) mass is 375 g/mol. The van der Waals surface area contributed by atoms with Crippen molar-refractivity contribution in [3.8, 4) is 0 Å². The molecule has 5 heteroatoms. The van der Waals surface area contributed by atoms with Gasteiger partial charge in [0.25, 0.3) is 0 Å². The van der Waals surface area contributed by atoms with Gasteiger partial charge in [-0.2, -0.15) is 0 Å². The Kier molecular flexibility index (Phi) is 9.64. The van der Waals surface area contributed by atoms with E-state index in [1.807, 2.05) is 4.90 Å². The molecule has 0 spiro atoms. The smallest absolute Gasteiger partial charge is 0.410 e. The van der Waals surface area contributed by atoms with E-state index in [4.69, 9.17) is 4.74 Å². The molecule has 1 aliphatic rings. The van der Waals surface area contributed by atoms with Gasteiger partial charge < -0.3 is 19.9 Å². The van der Waals surface area contributed by atoms with Gasteiger partial charge in [-0.05, 0) is 56.8 Å². The van der Waals surface area contributed by atoms with Crippen molar-refractivity contribution in [2.75, 3.05) is 39.3 Å². The van der Waals surface area contributed by atoms with Crippen molar-refractivity contribution in [2.24, 2.45) is 0 Å². The molecule has 0 bridgehead atoms. The second-order valence-corrected chi connectivity index (χ2v) is 7.50. The van der Waals surface area contributed by atoms with Crippen LogP contribution in [0.5, 0.6) is 0 Å². The summed E-state index contributed by atoms with van der Waals surface area (Å²) in [4.78, 5) is 16.3. The molecule has 1 saturated heterocycles. The lowest BCUT2D eigenvalue weighted by atomic mass is 10.1. The van der Waals surface area contributed by atoms with E-state index in [2.05, 4.69) is 55.3 Å². The van der Waals surface area contributed by atoms with Crippen molar-refractivity contribution in [1.29, 1.82) is 0 Å². The van der Waals surface area contributed by atoms with Gasteiger partial charge in [0.05, 0.1) is 0 Å². The molecule has 5 nitrogen and oxygen atoms in total. The summed E-state index contributed by atoms with van der Waals surface area (Å²) in [6.07, 6.45) is 4.22. The van der Waals surface area contributed by atoms with Gasteiger partial charge in [-0.3, -0.25) is 0 Å². The van der Waals surface area contributed by atoms with Gasteiger partial charge in [0, 0.05) is 32.2 Å². The van der Waals surface area contributed by atoms with Crippen molar-refractivity contribution < 1.29 is 9.53 Å². The molecule has 1 N–H and O–H groups in total. The molecule has 1 aromatic carbocycles. The zero-order valence-electron chi connectivity index (χ0n) is 17.4. The number of ether oxygens (including phenoxy) is 1. The first-order valence-corrected chi connectivity index (χ1v) is 10.6. The lowest BCUT2D eigenvalue weighted by Crippen LogP contribution is -2.36. The SMILES string of the molecule is CCN(CC)CCN[C@H](C)Cc1ccc(COC(=O)N2CCCCC2)cc1. The van der Waals surface area contributed by atoms with E-state index in [-0.39, 0.29) is 6.09 Å². The van der Waals surface area contributed by atoms with Gasteiger partial charge >= 0.3 is 6.09 Å². The van der Waals surface area contributed by atoms with Gasteiger partial charge in [-0.1, -0.05) is 38.1 Å². The van der Waals surface area contributed by atoms with E-state index in [1.54, 1.807) is 0 Å². The predicted octanol–water partition coefficient (Wildman–Crippen LogP) is 3.67. The molecule has 0 radical (unpaired) electrons. The fraction of sp³-hybridized carbons (Fsp3) is 0.682. The molecule has 1 fully saturated rings. The predicted molar refractivity (Wildman–Crippen MR) is 111 cm³/mol. The quantitative estimate of drug-likeness (QED) is 0.678. The Morgan fingerprint density at radius 1 is 1.11 bits per heavy atom. The highest BCUT2D eigenvalue weighted by atomic mass is 16.6. The molecule has 2 rings (SSSR count). The van der Waals surface area contributed by atoms with Crippen molar-refractivity contribution in [1.82, 2.24) is 15.1 Å². The van der Waals surface area contributed by atoms with E-state index in [0.717, 1.165) is 64.1 Å². The maximum absolute atomic E-state index is 12.1. The van der Waals surface area contributed by atoms with Crippen LogP contribution in [0.2, 0.25) is 0 Å². The van der Waals surface area contributed by atoms with Gasteiger partial charge in [-0.15, -0.1) is 0 Å². The summed E-state index contributed by atoms with van der Waals surface area (Å²) < 4.78 is 5.46. The molecule has 1 aliphatic heterocycles. The van der Waals surface area contributed by atoms with Gasteiger partial charge in [-0.25, -0.2) is 4.79 Å². The van der Waals surface area contributed by atoms with E-state index < -0.39 is 0 Å². The number of benzene rings is 1. The van der Waals surface area contributed by atoms with Crippen LogP contribution in [-0.2, 0) is 17.8 Å². The summed E-state index contributed by atoms with van der Waals surface area (Å²) in [5, 5.41) is 3.60. The normalized spacial score (nSPS) is 15.8. The number of amides is 1. The Balaban J connectivity index is 1.68. The number of nitrogens with zero attached hydrogens (tertiary/aromatic N) is 2. The van der Waals surface area contributed by atoms with Crippen molar-refractivity contribution in [2.45, 2.75) is 59.1 Å². The average molecular weight is 376 g/mol. The number of rotatable bonds is 10. The summed E-state index contributed by atoms with van der Waals surface area (Å²) in [7, 11) is 0. The van der Waals surface area contributed by atoms with Gasteiger partial charge in [0.1, 0.15) is 6.61 Å². The van der Waals surface area contributed by atoms with Crippen LogP contribution in [0.4, 0.5) is 4.79 Å². The van der Waals surface area contributed by atoms with Gasteiger partial charge in [0.2, 0.25) is 0 Å². The summed E-state index contributed by atoms with van der Waals surface area (Å²) in [6.45, 7) is 13.0. The number of carbonyl (C=O) groups excluding carboxylic acids is 1. The number of likely N-dealkylation sites (N-methyl/N-ethyl adjacent to an activating group) is 1. The number of nitrogens with one attached hydrogen (secondary N) is 1. The van der Waals surface area contributed by atoms with Crippen LogP contribution in [-0.4, -0.2) is 61.2 Å². The third kappa shape index (κ3) is 7.89. The zero-order valence-corrected chi connectivity index (χ0v) is 17.4. The van der Waals surface area contributed by atoms with E-state index in [9.17, 15) is 4.79 Å². The Bertz CT molecular complexity index is 537. The van der Waals surface area contributed by atoms with E-state index in [1.165, 1.54) is 12.0 Å². The Hall–Kier alpha value is -1.59. The van der Waals surface area contributed by atoms with E-state index >= 15 is 0 Å². The zero-order chi connectivity index (χ0) is 19.5. The molecular weight excluding hydrogens is 338 g/mol. The molecule has 1 amide bonds. The highest BCUT2D eigenvalue weighted by Crippen LogP contribution is 2.12. The summed E-state index contributed by atoms with van der Waals surface area (Å²) in [5.41, 5.74) is 2.36. The molecule has 27 heavy (non-hydrogen) atoms. The molecule has 0 aromatic heterocycles. The summed E-state index contributed by atoms with van der Waals surface area (Å²) in [6, 6.07) is 8.88. The molecular formula is C22H37N3O2. The lowest BCUT2D eigenvalue weighted by molar-refractivity contribution is 0.0894. The Morgan fingerprint density at radius 3 is 2.37 bits per heavy atom. The van der Waals surface area contributed by atoms with Gasteiger partial charge in [0.15, 0.2) is 0 Å². The topological polar surface area (TPSA) is 44.8 Å². The minimum absolute atomic E-state index is 0.176. The molecule has 1 atom stereocenters. The highest BCUT2D eigenvalue weighted by Gasteiger charge is 2.17. The van der Waals surface area contributed by atoms with Crippen molar-refractivity contribution in [3.63, 3.8) is 0 Å². The summed E-state index contributed by atoms with van der Waals surface area (Å²) >= 11 is 0. The number of carbonyl (C=O) groups is 1. The molecule has 1 heterocycles. The number of likely N-dealkylation sites (tertiary alicyclic amines) is 1. The third-order valence-electron chi connectivity index (χ3n) is 5.36. The second-order valence-electron chi connectivity index (χ2n) is 7.50. The van der Waals surface area contributed by atoms with Crippen LogP contribution in [0.3, 0.4) is 0 Å². The number of piperidine rings is 1. The molecule has 0 saturated carbocycles. The third-order valence-corrected chi connectivity index (χ3v) is 5.36. The van der Waals surface area contributed by atoms with Crippen LogP contribution < -0.4 is 5.32 Å². The molecule has 1 aromatic rings. The molecule has 0 unspecified atom stereocenters. The minimum Gasteiger partial charge on any atom is -0.445 e. The second kappa shape index (κ2) is 12.0. The fourth-order valence-corrected chi connectivity index (χ4v) is 3.52. The summed E-state index contributed by atoms with van der Waals surface area (Å²) in [5.74, 6) is 0. The number of hydrogen-bond acceptors (Lipinski definition) is 4. The lowest BCUT2D eigenvalue weighted by Gasteiger charge is -2.25. The first-order valence-electron chi connectivity index (χ1n) is 10.6. The molecule has 0 aliphatic carbocycles. The average Bonchev–Trinajstić information content (AvgIpc) is 2.71.